The topological polar surface area (TPSA) is 68.1 Å². The first-order chi connectivity index (χ1) is 8.04. The Morgan fingerprint density at radius 1 is 1.59 bits per heavy atom. The van der Waals surface area contributed by atoms with Crippen molar-refractivity contribution in [2.24, 2.45) is 5.92 Å². The van der Waals surface area contributed by atoms with Crippen LogP contribution in [0.5, 0.6) is 0 Å². The van der Waals surface area contributed by atoms with Crippen LogP contribution in [-0.2, 0) is 0 Å². The van der Waals surface area contributed by atoms with Crippen molar-refractivity contribution in [3.8, 4) is 0 Å². The van der Waals surface area contributed by atoms with Crippen LogP contribution in [0, 0.1) is 23.0 Å². The number of nitro groups is 1. The standard InChI is InChI=1S/C11H17N3O2S/c1-8(7-17-3)6-12-11-5-4-10(14(15)16)9(2)13-11/h4-5,8H,6-7H2,1-3H3,(H,12,13)/t8-/m1/s1. The third-order valence-electron chi connectivity index (χ3n) is 2.34. The highest BCUT2D eigenvalue weighted by molar-refractivity contribution is 7.98. The van der Waals surface area contributed by atoms with Gasteiger partial charge in [-0.2, -0.15) is 11.8 Å². The minimum atomic E-state index is -0.414. The number of thioether (sulfide) groups is 1. The van der Waals surface area contributed by atoms with Crippen molar-refractivity contribution < 1.29 is 4.92 Å². The molecule has 0 amide bonds. The number of nitrogens with zero attached hydrogens (tertiary/aromatic N) is 2. The predicted molar refractivity (Wildman–Crippen MR) is 71.7 cm³/mol. The summed E-state index contributed by atoms with van der Waals surface area (Å²) < 4.78 is 0. The van der Waals surface area contributed by atoms with Gasteiger partial charge in [-0.15, -0.1) is 0 Å². The van der Waals surface area contributed by atoms with E-state index in [1.54, 1.807) is 24.8 Å². The Labute approximate surface area is 105 Å². The Morgan fingerprint density at radius 3 is 2.82 bits per heavy atom. The summed E-state index contributed by atoms with van der Waals surface area (Å²) in [5.74, 6) is 2.32. The van der Waals surface area contributed by atoms with Gasteiger partial charge >= 0.3 is 0 Å². The van der Waals surface area contributed by atoms with Crippen LogP contribution in [0.1, 0.15) is 12.6 Å². The minimum Gasteiger partial charge on any atom is -0.370 e. The van der Waals surface area contributed by atoms with Gasteiger partial charge < -0.3 is 5.32 Å². The highest BCUT2D eigenvalue weighted by Gasteiger charge is 2.11. The van der Waals surface area contributed by atoms with E-state index in [2.05, 4.69) is 23.5 Å². The fourth-order valence-electron chi connectivity index (χ4n) is 1.47. The second-order valence-corrected chi connectivity index (χ2v) is 4.91. The van der Waals surface area contributed by atoms with Gasteiger partial charge in [-0.25, -0.2) is 4.98 Å². The van der Waals surface area contributed by atoms with E-state index >= 15 is 0 Å². The van der Waals surface area contributed by atoms with Gasteiger partial charge in [-0.05, 0) is 30.9 Å². The number of nitrogens with one attached hydrogen (secondary N) is 1. The maximum absolute atomic E-state index is 10.6. The largest absolute Gasteiger partial charge is 0.370 e. The van der Waals surface area contributed by atoms with Gasteiger partial charge in [0.15, 0.2) is 0 Å². The summed E-state index contributed by atoms with van der Waals surface area (Å²) in [4.78, 5) is 14.4. The van der Waals surface area contributed by atoms with Crippen molar-refractivity contribution in [2.45, 2.75) is 13.8 Å². The van der Waals surface area contributed by atoms with E-state index in [0.29, 0.717) is 17.4 Å². The van der Waals surface area contributed by atoms with Crippen LogP contribution in [0.15, 0.2) is 12.1 Å². The Balaban J connectivity index is 2.62. The summed E-state index contributed by atoms with van der Waals surface area (Å²) in [7, 11) is 0. The van der Waals surface area contributed by atoms with E-state index in [1.165, 1.54) is 6.07 Å². The van der Waals surface area contributed by atoms with Crippen LogP contribution in [0.3, 0.4) is 0 Å². The molecule has 5 nitrogen and oxygen atoms in total. The monoisotopic (exact) mass is 255 g/mol. The summed E-state index contributed by atoms with van der Waals surface area (Å²) in [6, 6.07) is 3.14. The van der Waals surface area contributed by atoms with Crippen LogP contribution in [-0.4, -0.2) is 28.5 Å². The van der Waals surface area contributed by atoms with Gasteiger partial charge in [0, 0.05) is 12.6 Å². The van der Waals surface area contributed by atoms with E-state index in [-0.39, 0.29) is 5.69 Å². The van der Waals surface area contributed by atoms with Crippen LogP contribution >= 0.6 is 11.8 Å². The Morgan fingerprint density at radius 2 is 2.29 bits per heavy atom. The van der Waals surface area contributed by atoms with Gasteiger partial charge in [0.25, 0.3) is 5.69 Å². The molecule has 1 atom stereocenters. The first-order valence-electron chi connectivity index (χ1n) is 5.39. The van der Waals surface area contributed by atoms with E-state index < -0.39 is 4.92 Å². The summed E-state index contributed by atoms with van der Waals surface area (Å²) in [6.07, 6.45) is 2.07. The molecule has 94 valence electrons. The summed E-state index contributed by atoms with van der Waals surface area (Å²) in [6.45, 7) is 4.63. The number of aryl methyl sites for hydroxylation is 1. The maximum atomic E-state index is 10.6. The molecule has 1 aromatic rings. The van der Waals surface area contributed by atoms with Crippen LogP contribution in [0.4, 0.5) is 11.5 Å². The molecule has 1 rings (SSSR count). The summed E-state index contributed by atoms with van der Waals surface area (Å²) in [5, 5.41) is 13.8. The molecule has 0 saturated carbocycles. The summed E-state index contributed by atoms with van der Waals surface area (Å²) >= 11 is 1.80. The Hall–Kier alpha value is -1.30. The fraction of sp³-hybridized carbons (Fsp3) is 0.545. The lowest BCUT2D eigenvalue weighted by molar-refractivity contribution is -0.385. The molecule has 17 heavy (non-hydrogen) atoms. The van der Waals surface area contributed by atoms with Gasteiger partial charge in [0.2, 0.25) is 0 Å². The van der Waals surface area contributed by atoms with Crippen LogP contribution in [0.2, 0.25) is 0 Å². The molecule has 6 heteroatoms. The number of aromatic nitrogens is 1. The first-order valence-corrected chi connectivity index (χ1v) is 6.78. The molecular weight excluding hydrogens is 238 g/mol. The molecule has 0 aliphatic carbocycles. The van der Waals surface area contributed by atoms with E-state index in [4.69, 9.17) is 0 Å². The zero-order chi connectivity index (χ0) is 12.8. The molecule has 0 saturated heterocycles. The van der Waals surface area contributed by atoms with Gasteiger partial charge in [-0.3, -0.25) is 10.1 Å². The Bertz CT molecular complexity index is 398. The van der Waals surface area contributed by atoms with Gasteiger partial charge in [-0.1, -0.05) is 6.92 Å². The van der Waals surface area contributed by atoms with E-state index in [9.17, 15) is 10.1 Å². The molecule has 0 radical (unpaired) electrons. The molecule has 1 aromatic heterocycles. The second kappa shape index (κ2) is 6.44. The average molecular weight is 255 g/mol. The maximum Gasteiger partial charge on any atom is 0.290 e. The molecule has 0 unspecified atom stereocenters. The zero-order valence-electron chi connectivity index (χ0n) is 10.3. The number of hydrogen-bond donors (Lipinski definition) is 1. The first kappa shape index (κ1) is 13.8. The van der Waals surface area contributed by atoms with Crippen LogP contribution < -0.4 is 5.32 Å². The molecule has 1 heterocycles. The van der Waals surface area contributed by atoms with Crippen molar-refractivity contribution in [1.82, 2.24) is 4.98 Å². The van der Waals surface area contributed by atoms with Gasteiger partial charge in [0.05, 0.1) is 4.92 Å². The molecular formula is C11H17N3O2S. The van der Waals surface area contributed by atoms with Crippen LogP contribution in [0.25, 0.3) is 0 Å². The Kier molecular flexibility index (Phi) is 5.21. The lowest BCUT2D eigenvalue weighted by atomic mass is 10.2. The lowest BCUT2D eigenvalue weighted by Gasteiger charge is -2.11. The predicted octanol–water partition coefficient (Wildman–Crippen LogP) is 2.71. The molecule has 0 bridgehead atoms. The smallest absolute Gasteiger partial charge is 0.290 e. The van der Waals surface area contributed by atoms with Crippen molar-refractivity contribution in [3.63, 3.8) is 0 Å². The van der Waals surface area contributed by atoms with Crippen molar-refractivity contribution in [3.05, 3.63) is 27.9 Å². The average Bonchev–Trinajstić information content (AvgIpc) is 2.26. The molecule has 0 fully saturated rings. The second-order valence-electron chi connectivity index (χ2n) is 4.00. The normalized spacial score (nSPS) is 12.2. The zero-order valence-corrected chi connectivity index (χ0v) is 11.1. The highest BCUT2D eigenvalue weighted by atomic mass is 32.2. The van der Waals surface area contributed by atoms with E-state index in [0.717, 1.165) is 12.3 Å². The van der Waals surface area contributed by atoms with Gasteiger partial charge in [0.1, 0.15) is 11.5 Å². The van der Waals surface area contributed by atoms with Crippen molar-refractivity contribution in [2.75, 3.05) is 23.9 Å². The minimum absolute atomic E-state index is 0.0627. The SMILES string of the molecule is CSC[C@H](C)CNc1ccc([N+](=O)[O-])c(C)n1. The number of rotatable bonds is 6. The lowest BCUT2D eigenvalue weighted by Crippen LogP contribution is -2.14. The number of hydrogen-bond acceptors (Lipinski definition) is 5. The number of anilines is 1. The molecule has 0 aromatic carbocycles. The molecule has 1 N–H and O–H groups in total. The quantitative estimate of drug-likeness (QED) is 0.625. The summed E-state index contributed by atoms with van der Waals surface area (Å²) in [5.41, 5.74) is 0.505. The molecule has 0 aliphatic heterocycles. The fourth-order valence-corrected chi connectivity index (χ4v) is 2.15. The van der Waals surface area contributed by atoms with Crippen molar-refractivity contribution in [1.29, 1.82) is 0 Å². The third kappa shape index (κ3) is 4.22. The third-order valence-corrected chi connectivity index (χ3v) is 3.24. The highest BCUT2D eigenvalue weighted by Crippen LogP contribution is 2.18. The van der Waals surface area contributed by atoms with E-state index in [1.807, 2.05) is 0 Å². The molecule has 0 spiro atoms. The number of pyridine rings is 1. The molecule has 0 aliphatic rings. The van der Waals surface area contributed by atoms with Crippen molar-refractivity contribution >= 4 is 23.3 Å².